The summed E-state index contributed by atoms with van der Waals surface area (Å²) < 4.78 is 7.01. The molecule has 0 bridgehead atoms. The Balaban J connectivity index is 1.86. The zero-order valence-corrected chi connectivity index (χ0v) is 9.37. The highest BCUT2D eigenvalue weighted by Gasteiger charge is 2.28. The van der Waals surface area contributed by atoms with Crippen LogP contribution in [-0.2, 0) is 7.05 Å². The first-order valence-corrected chi connectivity index (χ1v) is 5.47. The quantitative estimate of drug-likeness (QED) is 0.753. The first-order valence-electron chi connectivity index (χ1n) is 5.47. The fourth-order valence-corrected chi connectivity index (χ4v) is 1.95. The van der Waals surface area contributed by atoms with Crippen LogP contribution in [0.25, 0.3) is 11.6 Å². The molecule has 2 N–H and O–H groups in total. The number of aliphatic hydroxyl groups is 1. The maximum Gasteiger partial charge on any atom is 0.244 e. The summed E-state index contributed by atoms with van der Waals surface area (Å²) in [7, 11) is 1.87. The van der Waals surface area contributed by atoms with Gasteiger partial charge in [0.1, 0.15) is 0 Å². The average molecular weight is 235 g/mol. The lowest BCUT2D eigenvalue weighted by Crippen LogP contribution is -2.15. The summed E-state index contributed by atoms with van der Waals surface area (Å²) in [6.45, 7) is 0.560. The highest BCUT2D eigenvalue weighted by atomic mass is 16.5. The van der Waals surface area contributed by atoms with Crippen molar-refractivity contribution in [2.45, 2.75) is 18.6 Å². The van der Waals surface area contributed by atoms with Crippen LogP contribution in [0.2, 0.25) is 0 Å². The minimum atomic E-state index is -0.344. The number of aryl methyl sites for hydroxylation is 1. The molecule has 2 aromatic rings. The molecule has 0 aliphatic carbocycles. The van der Waals surface area contributed by atoms with Crippen molar-refractivity contribution in [3.05, 3.63) is 18.3 Å². The lowest BCUT2D eigenvalue weighted by Gasteiger charge is -2.01. The van der Waals surface area contributed by atoms with Crippen LogP contribution in [0.4, 0.5) is 0 Å². The van der Waals surface area contributed by atoms with Gasteiger partial charge in [0.15, 0.2) is 5.82 Å². The standard InChI is InChI=1S/C10H13N5O2/c1-15-3-2-11-9(15)8-13-10(17-14-8)7-4-6(16)5-12-7/h2-3,6-7,12,16H,4-5H2,1H3. The molecule has 1 fully saturated rings. The molecule has 0 aromatic carbocycles. The van der Waals surface area contributed by atoms with E-state index in [9.17, 15) is 5.11 Å². The molecule has 90 valence electrons. The van der Waals surface area contributed by atoms with Gasteiger partial charge in [0.25, 0.3) is 0 Å². The lowest BCUT2D eigenvalue weighted by molar-refractivity contribution is 0.191. The maximum atomic E-state index is 9.43. The Morgan fingerprint density at radius 2 is 2.47 bits per heavy atom. The number of hydrogen-bond donors (Lipinski definition) is 2. The third kappa shape index (κ3) is 1.83. The lowest BCUT2D eigenvalue weighted by atomic mass is 10.2. The van der Waals surface area contributed by atoms with Crippen molar-refractivity contribution in [1.82, 2.24) is 25.0 Å². The molecule has 1 aliphatic heterocycles. The molecule has 7 nitrogen and oxygen atoms in total. The summed E-state index contributed by atoms with van der Waals surface area (Å²) in [6.07, 6.45) is 3.76. The van der Waals surface area contributed by atoms with Crippen molar-refractivity contribution in [2.24, 2.45) is 7.05 Å². The summed E-state index contributed by atoms with van der Waals surface area (Å²) in [5, 5.41) is 16.4. The number of nitrogens with one attached hydrogen (secondary N) is 1. The van der Waals surface area contributed by atoms with Crippen LogP contribution in [0.15, 0.2) is 16.9 Å². The van der Waals surface area contributed by atoms with Gasteiger partial charge in [-0.2, -0.15) is 4.98 Å². The first kappa shape index (κ1) is 10.4. The Labute approximate surface area is 97.5 Å². The second-order valence-corrected chi connectivity index (χ2v) is 4.17. The molecule has 17 heavy (non-hydrogen) atoms. The molecule has 0 saturated carbocycles. The molecule has 2 atom stereocenters. The zero-order valence-electron chi connectivity index (χ0n) is 9.37. The van der Waals surface area contributed by atoms with Crippen molar-refractivity contribution in [2.75, 3.05) is 6.54 Å². The van der Waals surface area contributed by atoms with Gasteiger partial charge in [0.05, 0.1) is 12.1 Å². The van der Waals surface area contributed by atoms with Crippen LogP contribution in [0.3, 0.4) is 0 Å². The predicted molar refractivity (Wildman–Crippen MR) is 57.9 cm³/mol. The van der Waals surface area contributed by atoms with E-state index in [0.29, 0.717) is 30.5 Å². The predicted octanol–water partition coefficient (Wildman–Crippen LogP) is -0.135. The summed E-state index contributed by atoms with van der Waals surface area (Å²) in [5.41, 5.74) is 0. The number of nitrogens with zero attached hydrogens (tertiary/aromatic N) is 4. The second kappa shape index (κ2) is 3.94. The molecular weight excluding hydrogens is 222 g/mol. The number of rotatable bonds is 2. The summed E-state index contributed by atoms with van der Waals surface area (Å²) in [4.78, 5) is 8.44. The Kier molecular flexibility index (Phi) is 2.41. The molecule has 0 radical (unpaired) electrons. The van der Waals surface area contributed by atoms with Gasteiger partial charge in [-0.05, 0) is 6.42 Å². The summed E-state index contributed by atoms with van der Waals surface area (Å²) in [5.74, 6) is 1.63. The number of hydrogen-bond acceptors (Lipinski definition) is 6. The van der Waals surface area contributed by atoms with E-state index >= 15 is 0 Å². The molecule has 3 heterocycles. The summed E-state index contributed by atoms with van der Waals surface area (Å²) >= 11 is 0. The fraction of sp³-hybridized carbons (Fsp3) is 0.500. The monoisotopic (exact) mass is 235 g/mol. The Morgan fingerprint density at radius 3 is 3.12 bits per heavy atom. The smallest absolute Gasteiger partial charge is 0.244 e. The fourth-order valence-electron chi connectivity index (χ4n) is 1.95. The van der Waals surface area contributed by atoms with E-state index < -0.39 is 0 Å². The van der Waals surface area contributed by atoms with Gasteiger partial charge in [-0.15, -0.1) is 0 Å². The van der Waals surface area contributed by atoms with Gasteiger partial charge in [0.2, 0.25) is 11.7 Å². The minimum absolute atomic E-state index is 0.0634. The Bertz CT molecular complexity index is 520. The van der Waals surface area contributed by atoms with E-state index in [2.05, 4.69) is 20.4 Å². The largest absolute Gasteiger partial charge is 0.392 e. The normalized spacial score (nSPS) is 24.4. The number of aliphatic hydroxyl groups excluding tert-OH is 1. The van der Waals surface area contributed by atoms with Gasteiger partial charge in [-0.3, -0.25) is 0 Å². The molecule has 1 saturated heterocycles. The first-order chi connectivity index (χ1) is 8.24. The van der Waals surface area contributed by atoms with Crippen LogP contribution in [-0.4, -0.2) is 37.4 Å². The number of aromatic nitrogens is 4. The van der Waals surface area contributed by atoms with Crippen LogP contribution in [0, 0.1) is 0 Å². The van der Waals surface area contributed by atoms with E-state index in [-0.39, 0.29) is 12.1 Å². The molecule has 0 spiro atoms. The number of β-amino-alcohol motifs (C(OH)–C–C–N with tert-alkyl or cyclic N) is 1. The van der Waals surface area contributed by atoms with Gasteiger partial charge in [-0.25, -0.2) is 4.98 Å². The second-order valence-electron chi connectivity index (χ2n) is 4.17. The zero-order chi connectivity index (χ0) is 11.8. The van der Waals surface area contributed by atoms with E-state index in [1.54, 1.807) is 6.20 Å². The highest BCUT2D eigenvalue weighted by Crippen LogP contribution is 2.23. The molecule has 0 amide bonds. The topological polar surface area (TPSA) is 89.0 Å². The molecule has 3 rings (SSSR count). The van der Waals surface area contributed by atoms with E-state index in [4.69, 9.17) is 4.52 Å². The third-order valence-electron chi connectivity index (χ3n) is 2.87. The van der Waals surface area contributed by atoms with Crippen molar-refractivity contribution >= 4 is 0 Å². The number of imidazole rings is 1. The van der Waals surface area contributed by atoms with E-state index in [0.717, 1.165) is 0 Å². The minimum Gasteiger partial charge on any atom is -0.392 e. The van der Waals surface area contributed by atoms with Crippen molar-refractivity contribution in [1.29, 1.82) is 0 Å². The van der Waals surface area contributed by atoms with E-state index in [1.807, 2.05) is 17.8 Å². The van der Waals surface area contributed by atoms with Crippen LogP contribution in [0.1, 0.15) is 18.4 Å². The van der Waals surface area contributed by atoms with Gasteiger partial charge < -0.3 is 19.5 Å². The molecular formula is C10H13N5O2. The average Bonchev–Trinajstić information content (AvgIpc) is 2.97. The third-order valence-corrected chi connectivity index (χ3v) is 2.87. The SMILES string of the molecule is Cn1ccnc1-c1noc(C2CC(O)CN2)n1. The van der Waals surface area contributed by atoms with Crippen LogP contribution in [0.5, 0.6) is 0 Å². The highest BCUT2D eigenvalue weighted by molar-refractivity contribution is 5.42. The molecule has 2 unspecified atom stereocenters. The van der Waals surface area contributed by atoms with Gasteiger partial charge in [0, 0.05) is 26.0 Å². The molecule has 1 aliphatic rings. The van der Waals surface area contributed by atoms with E-state index in [1.165, 1.54) is 0 Å². The molecule has 2 aromatic heterocycles. The Hall–Kier alpha value is -1.73. The van der Waals surface area contributed by atoms with Crippen molar-refractivity contribution in [3.63, 3.8) is 0 Å². The van der Waals surface area contributed by atoms with Gasteiger partial charge in [-0.1, -0.05) is 5.16 Å². The Morgan fingerprint density at radius 1 is 1.59 bits per heavy atom. The van der Waals surface area contributed by atoms with Crippen molar-refractivity contribution in [3.8, 4) is 11.6 Å². The van der Waals surface area contributed by atoms with Crippen LogP contribution >= 0.6 is 0 Å². The summed E-state index contributed by atoms with van der Waals surface area (Å²) in [6, 6.07) is -0.0634. The van der Waals surface area contributed by atoms with Crippen molar-refractivity contribution < 1.29 is 9.63 Å². The molecule has 7 heteroatoms. The maximum absolute atomic E-state index is 9.43. The van der Waals surface area contributed by atoms with Crippen LogP contribution < -0.4 is 5.32 Å². The van der Waals surface area contributed by atoms with Gasteiger partial charge >= 0.3 is 0 Å².